The Morgan fingerprint density at radius 1 is 1.42 bits per heavy atom. The number of carbonyl (C=O) groups excluding carboxylic acids is 1. The van der Waals surface area contributed by atoms with Gasteiger partial charge in [-0.05, 0) is 19.4 Å². The Labute approximate surface area is 111 Å². The molecule has 7 nitrogen and oxygen atoms in total. The predicted molar refractivity (Wildman–Crippen MR) is 67.2 cm³/mol. The standard InChI is InChI=1S/C12H19N5O2/c18-12(16-6-3-13-4-7-16)10-2-1-5-17(10)8-11-14-9-15-19-11/h9-10,13H,1-8H2. The number of likely N-dealkylation sites (tertiary alicyclic amines) is 1. The van der Waals surface area contributed by atoms with Gasteiger partial charge in [0.2, 0.25) is 11.8 Å². The third-order valence-corrected chi connectivity index (χ3v) is 3.82. The van der Waals surface area contributed by atoms with Gasteiger partial charge in [0.05, 0.1) is 12.6 Å². The van der Waals surface area contributed by atoms with Crippen molar-refractivity contribution in [2.75, 3.05) is 32.7 Å². The van der Waals surface area contributed by atoms with Gasteiger partial charge in [0.25, 0.3) is 0 Å². The monoisotopic (exact) mass is 265 g/mol. The molecule has 2 saturated heterocycles. The first-order chi connectivity index (χ1) is 9.34. The van der Waals surface area contributed by atoms with Crippen LogP contribution in [0.5, 0.6) is 0 Å². The zero-order valence-corrected chi connectivity index (χ0v) is 10.9. The van der Waals surface area contributed by atoms with E-state index in [0.717, 1.165) is 45.6 Å². The second kappa shape index (κ2) is 5.66. The molecule has 104 valence electrons. The van der Waals surface area contributed by atoms with Crippen LogP contribution in [0.3, 0.4) is 0 Å². The van der Waals surface area contributed by atoms with E-state index in [9.17, 15) is 4.79 Å². The number of aromatic nitrogens is 2. The van der Waals surface area contributed by atoms with Crippen molar-refractivity contribution in [2.45, 2.75) is 25.4 Å². The maximum atomic E-state index is 12.5. The van der Waals surface area contributed by atoms with Gasteiger partial charge in [-0.2, -0.15) is 4.98 Å². The summed E-state index contributed by atoms with van der Waals surface area (Å²) in [7, 11) is 0. The van der Waals surface area contributed by atoms with Crippen LogP contribution in [0.4, 0.5) is 0 Å². The summed E-state index contributed by atoms with van der Waals surface area (Å²) < 4.78 is 5.03. The second-order valence-corrected chi connectivity index (χ2v) is 5.04. The molecule has 1 N–H and O–H groups in total. The van der Waals surface area contributed by atoms with Gasteiger partial charge in [0.15, 0.2) is 6.33 Å². The van der Waals surface area contributed by atoms with E-state index in [1.54, 1.807) is 0 Å². The Kier molecular flexibility index (Phi) is 3.74. The molecule has 2 aliphatic rings. The molecule has 19 heavy (non-hydrogen) atoms. The zero-order valence-electron chi connectivity index (χ0n) is 10.9. The van der Waals surface area contributed by atoms with Gasteiger partial charge in [-0.1, -0.05) is 5.16 Å². The van der Waals surface area contributed by atoms with Gasteiger partial charge >= 0.3 is 0 Å². The van der Waals surface area contributed by atoms with E-state index in [1.807, 2.05) is 4.90 Å². The molecule has 7 heteroatoms. The minimum absolute atomic E-state index is 0.0231. The summed E-state index contributed by atoms with van der Waals surface area (Å²) in [6.07, 6.45) is 3.38. The minimum atomic E-state index is -0.0231. The Morgan fingerprint density at radius 2 is 2.26 bits per heavy atom. The number of hydrogen-bond donors (Lipinski definition) is 1. The number of hydrogen-bond acceptors (Lipinski definition) is 6. The van der Waals surface area contributed by atoms with E-state index in [4.69, 9.17) is 4.52 Å². The summed E-state index contributed by atoms with van der Waals surface area (Å²) in [5.74, 6) is 0.832. The average Bonchev–Trinajstić information content (AvgIpc) is 3.11. The van der Waals surface area contributed by atoms with E-state index < -0.39 is 0 Å². The lowest BCUT2D eigenvalue weighted by Gasteiger charge is -2.32. The highest BCUT2D eigenvalue weighted by molar-refractivity contribution is 5.82. The minimum Gasteiger partial charge on any atom is -0.339 e. The topological polar surface area (TPSA) is 74.5 Å². The van der Waals surface area contributed by atoms with Gasteiger partial charge in [-0.25, -0.2) is 0 Å². The molecule has 0 bridgehead atoms. The van der Waals surface area contributed by atoms with Crippen LogP contribution in [-0.2, 0) is 11.3 Å². The Hall–Kier alpha value is -1.47. The van der Waals surface area contributed by atoms with Crippen LogP contribution in [0.15, 0.2) is 10.9 Å². The summed E-state index contributed by atoms with van der Waals surface area (Å²) in [5, 5.41) is 6.87. The van der Waals surface area contributed by atoms with Crippen LogP contribution < -0.4 is 5.32 Å². The maximum Gasteiger partial charge on any atom is 0.240 e. The van der Waals surface area contributed by atoms with Gasteiger partial charge in [0, 0.05) is 26.2 Å². The van der Waals surface area contributed by atoms with Gasteiger partial charge < -0.3 is 14.7 Å². The highest BCUT2D eigenvalue weighted by Crippen LogP contribution is 2.21. The van der Waals surface area contributed by atoms with Crippen molar-refractivity contribution in [1.82, 2.24) is 25.3 Å². The first kappa shape index (κ1) is 12.6. The third-order valence-electron chi connectivity index (χ3n) is 3.82. The van der Waals surface area contributed by atoms with Crippen molar-refractivity contribution in [2.24, 2.45) is 0 Å². The fourth-order valence-corrected chi connectivity index (χ4v) is 2.83. The van der Waals surface area contributed by atoms with Crippen LogP contribution >= 0.6 is 0 Å². The molecule has 0 spiro atoms. The maximum absolute atomic E-state index is 12.5. The second-order valence-electron chi connectivity index (χ2n) is 5.04. The van der Waals surface area contributed by atoms with Crippen molar-refractivity contribution >= 4 is 5.91 Å². The van der Waals surface area contributed by atoms with E-state index in [-0.39, 0.29) is 11.9 Å². The lowest BCUT2D eigenvalue weighted by Crippen LogP contribution is -2.52. The normalized spacial score (nSPS) is 24.8. The molecule has 2 aliphatic heterocycles. The SMILES string of the molecule is O=C(C1CCCN1Cc1ncno1)N1CCNCC1. The van der Waals surface area contributed by atoms with Crippen LogP contribution in [0.1, 0.15) is 18.7 Å². The Balaban J connectivity index is 1.63. The molecule has 0 radical (unpaired) electrons. The van der Waals surface area contributed by atoms with Gasteiger partial charge in [-0.3, -0.25) is 9.69 Å². The molecule has 0 aliphatic carbocycles. The molecule has 3 rings (SSSR count). The highest BCUT2D eigenvalue weighted by Gasteiger charge is 2.34. The summed E-state index contributed by atoms with van der Waals surface area (Å²) in [5.41, 5.74) is 0. The number of nitrogens with zero attached hydrogens (tertiary/aromatic N) is 4. The number of nitrogens with one attached hydrogen (secondary N) is 1. The quantitative estimate of drug-likeness (QED) is 0.791. The van der Waals surface area contributed by atoms with Crippen molar-refractivity contribution < 1.29 is 9.32 Å². The number of carbonyl (C=O) groups is 1. The van der Waals surface area contributed by atoms with Crippen LogP contribution in [0, 0.1) is 0 Å². The molecule has 1 atom stereocenters. The van der Waals surface area contributed by atoms with Crippen LogP contribution in [-0.4, -0.2) is 64.6 Å². The molecule has 1 aromatic rings. The molecule has 1 amide bonds. The number of amides is 1. The van der Waals surface area contributed by atoms with Crippen molar-refractivity contribution in [3.63, 3.8) is 0 Å². The molecule has 1 aromatic heterocycles. The predicted octanol–water partition coefficient (Wildman–Crippen LogP) is -0.534. The van der Waals surface area contributed by atoms with E-state index >= 15 is 0 Å². The molecule has 0 aromatic carbocycles. The van der Waals surface area contributed by atoms with Crippen LogP contribution in [0.25, 0.3) is 0 Å². The number of piperazine rings is 1. The summed E-state index contributed by atoms with van der Waals surface area (Å²) in [6, 6.07) is -0.0231. The average molecular weight is 265 g/mol. The molecule has 2 fully saturated rings. The fraction of sp³-hybridized carbons (Fsp3) is 0.750. The van der Waals surface area contributed by atoms with Gasteiger partial charge in [-0.15, -0.1) is 0 Å². The van der Waals surface area contributed by atoms with Crippen LogP contribution in [0.2, 0.25) is 0 Å². The molecule has 1 unspecified atom stereocenters. The molecular formula is C12H19N5O2. The van der Waals surface area contributed by atoms with Crippen molar-refractivity contribution in [1.29, 1.82) is 0 Å². The lowest BCUT2D eigenvalue weighted by atomic mass is 10.1. The number of rotatable bonds is 3. The third kappa shape index (κ3) is 2.76. The van der Waals surface area contributed by atoms with Crippen molar-refractivity contribution in [3.05, 3.63) is 12.2 Å². The summed E-state index contributed by atoms with van der Waals surface area (Å²) >= 11 is 0. The van der Waals surface area contributed by atoms with E-state index in [1.165, 1.54) is 6.33 Å². The smallest absolute Gasteiger partial charge is 0.240 e. The Morgan fingerprint density at radius 3 is 3.00 bits per heavy atom. The molecule has 0 saturated carbocycles. The summed E-state index contributed by atoms with van der Waals surface area (Å²) in [4.78, 5) is 20.7. The van der Waals surface area contributed by atoms with E-state index in [2.05, 4.69) is 20.4 Å². The van der Waals surface area contributed by atoms with E-state index in [0.29, 0.717) is 12.4 Å². The first-order valence-corrected chi connectivity index (χ1v) is 6.84. The Bertz CT molecular complexity index is 416. The molecule has 3 heterocycles. The van der Waals surface area contributed by atoms with Gasteiger partial charge in [0.1, 0.15) is 0 Å². The lowest BCUT2D eigenvalue weighted by molar-refractivity contribution is -0.136. The molecular weight excluding hydrogens is 246 g/mol. The fourth-order valence-electron chi connectivity index (χ4n) is 2.83. The largest absolute Gasteiger partial charge is 0.339 e. The highest BCUT2D eigenvalue weighted by atomic mass is 16.5. The van der Waals surface area contributed by atoms with Crippen molar-refractivity contribution in [3.8, 4) is 0 Å². The zero-order chi connectivity index (χ0) is 13.1. The summed E-state index contributed by atoms with van der Waals surface area (Å²) in [6.45, 7) is 4.89. The first-order valence-electron chi connectivity index (χ1n) is 6.84.